The molecule has 2 atom stereocenters. The fraction of sp³-hybridized carbons (Fsp3) is 0.364. The lowest BCUT2D eigenvalue weighted by atomic mass is 10.0. The van der Waals surface area contributed by atoms with Crippen molar-refractivity contribution in [3.63, 3.8) is 0 Å². The molecule has 1 aliphatic rings. The Kier molecular flexibility index (Phi) is 3.18. The van der Waals surface area contributed by atoms with E-state index in [0.29, 0.717) is 12.3 Å². The zero-order valence-corrected chi connectivity index (χ0v) is 8.32. The zero-order chi connectivity index (χ0) is 10.7. The van der Waals surface area contributed by atoms with E-state index in [9.17, 15) is 4.39 Å². The zero-order valence-electron chi connectivity index (χ0n) is 8.32. The number of anilines is 1. The van der Waals surface area contributed by atoms with Crippen molar-refractivity contribution in [1.82, 2.24) is 0 Å². The molecule has 0 spiro atoms. The Bertz CT molecular complexity index is 332. The highest BCUT2D eigenvalue weighted by atomic mass is 19.1. The molecule has 1 aromatic rings. The smallest absolute Gasteiger partial charge is 0.146 e. The second kappa shape index (κ2) is 4.59. The number of rotatable bonds is 2. The summed E-state index contributed by atoms with van der Waals surface area (Å²) >= 11 is 0. The molecule has 1 heterocycles. The summed E-state index contributed by atoms with van der Waals surface area (Å²) in [6.45, 7) is 2.22. The first-order chi connectivity index (χ1) is 7.27. The number of nitrogens with one attached hydrogen (secondary N) is 1. The molecule has 1 aliphatic heterocycles. The molecule has 1 radical (unpaired) electrons. The molecule has 0 amide bonds. The number of nitrogens with two attached hydrogens (primary N) is 1. The van der Waals surface area contributed by atoms with E-state index in [1.165, 1.54) is 6.07 Å². The van der Waals surface area contributed by atoms with Gasteiger partial charge in [0, 0.05) is 12.6 Å². The minimum atomic E-state index is -0.254. The number of hydrogen-bond acceptors (Lipinski definition) is 3. The van der Waals surface area contributed by atoms with Crippen LogP contribution in [0.2, 0.25) is 0 Å². The highest BCUT2D eigenvalue weighted by Crippen LogP contribution is 2.18. The first-order valence-electron chi connectivity index (χ1n) is 4.99. The van der Waals surface area contributed by atoms with Crippen LogP contribution in [-0.4, -0.2) is 18.7 Å². The van der Waals surface area contributed by atoms with Gasteiger partial charge in [-0.3, -0.25) is 0 Å². The molecule has 1 aromatic carbocycles. The van der Waals surface area contributed by atoms with Gasteiger partial charge in [0.2, 0.25) is 0 Å². The van der Waals surface area contributed by atoms with Gasteiger partial charge in [-0.15, -0.1) is 0 Å². The molecule has 3 N–H and O–H groups in total. The molecule has 4 heteroatoms. The van der Waals surface area contributed by atoms with E-state index >= 15 is 0 Å². The minimum Gasteiger partial charge on any atom is -0.378 e. The maximum Gasteiger partial charge on any atom is 0.146 e. The highest BCUT2D eigenvalue weighted by molar-refractivity contribution is 5.45. The van der Waals surface area contributed by atoms with Gasteiger partial charge in [0.1, 0.15) is 12.4 Å². The predicted molar refractivity (Wildman–Crippen MR) is 56.7 cm³/mol. The Balaban J connectivity index is 2.04. The molecule has 0 bridgehead atoms. The lowest BCUT2D eigenvalue weighted by Crippen LogP contribution is -2.45. The van der Waals surface area contributed by atoms with Crippen molar-refractivity contribution < 1.29 is 9.13 Å². The lowest BCUT2D eigenvalue weighted by molar-refractivity contribution is 0.134. The van der Waals surface area contributed by atoms with E-state index in [1.54, 1.807) is 24.8 Å². The third kappa shape index (κ3) is 2.46. The van der Waals surface area contributed by atoms with E-state index in [1.807, 2.05) is 0 Å². The van der Waals surface area contributed by atoms with E-state index in [4.69, 9.17) is 10.5 Å². The molecular formula is C11H14FN2O. The molecule has 2 rings (SSSR count). The maximum atomic E-state index is 13.3. The Morgan fingerprint density at radius 2 is 2.20 bits per heavy atom. The summed E-state index contributed by atoms with van der Waals surface area (Å²) < 4.78 is 18.4. The molecule has 3 nitrogen and oxygen atoms in total. The van der Waals surface area contributed by atoms with Gasteiger partial charge < -0.3 is 15.8 Å². The van der Waals surface area contributed by atoms with Crippen LogP contribution in [0.3, 0.4) is 0 Å². The van der Waals surface area contributed by atoms with E-state index in [0.717, 1.165) is 6.42 Å². The summed E-state index contributed by atoms with van der Waals surface area (Å²) in [6, 6.07) is 6.43. The van der Waals surface area contributed by atoms with Crippen LogP contribution in [0.15, 0.2) is 24.3 Å². The molecular weight excluding hydrogens is 195 g/mol. The second-order valence-corrected chi connectivity index (χ2v) is 3.60. The van der Waals surface area contributed by atoms with Crippen LogP contribution in [-0.2, 0) is 4.74 Å². The third-order valence-corrected chi connectivity index (χ3v) is 2.48. The van der Waals surface area contributed by atoms with Crippen LogP contribution >= 0.6 is 0 Å². The number of benzene rings is 1. The fourth-order valence-electron chi connectivity index (χ4n) is 1.61. The summed E-state index contributed by atoms with van der Waals surface area (Å²) in [5, 5.41) is 3.09. The van der Waals surface area contributed by atoms with Gasteiger partial charge in [-0.1, -0.05) is 12.1 Å². The number of hydrogen-bond donors (Lipinski definition) is 2. The molecule has 0 aromatic heterocycles. The average molecular weight is 209 g/mol. The second-order valence-electron chi connectivity index (χ2n) is 3.60. The first-order valence-corrected chi connectivity index (χ1v) is 4.99. The fourth-order valence-corrected chi connectivity index (χ4v) is 1.61. The molecule has 1 fully saturated rings. The number of halogens is 1. The molecule has 0 saturated carbocycles. The molecule has 0 aliphatic carbocycles. The summed E-state index contributed by atoms with van der Waals surface area (Å²) in [4.78, 5) is 0. The maximum absolute atomic E-state index is 13.3. The van der Waals surface area contributed by atoms with Crippen molar-refractivity contribution in [3.8, 4) is 0 Å². The van der Waals surface area contributed by atoms with Gasteiger partial charge >= 0.3 is 0 Å². The van der Waals surface area contributed by atoms with Crippen molar-refractivity contribution in [2.24, 2.45) is 5.73 Å². The molecule has 1 saturated heterocycles. The molecule has 15 heavy (non-hydrogen) atoms. The summed E-state index contributed by atoms with van der Waals surface area (Å²) in [6.07, 6.45) is 0.784. The van der Waals surface area contributed by atoms with Crippen molar-refractivity contribution in [2.75, 3.05) is 11.9 Å². The Hall–Kier alpha value is -1.13. The monoisotopic (exact) mass is 209 g/mol. The molecule has 81 valence electrons. The van der Waals surface area contributed by atoms with Gasteiger partial charge in [0.05, 0.1) is 11.7 Å². The first kappa shape index (κ1) is 10.4. The van der Waals surface area contributed by atoms with Gasteiger partial charge in [0.25, 0.3) is 0 Å². The van der Waals surface area contributed by atoms with Gasteiger partial charge in [-0.05, 0) is 18.6 Å². The van der Waals surface area contributed by atoms with Crippen molar-refractivity contribution >= 4 is 5.69 Å². The van der Waals surface area contributed by atoms with E-state index in [2.05, 4.69) is 5.32 Å². The van der Waals surface area contributed by atoms with Crippen molar-refractivity contribution in [3.05, 3.63) is 36.7 Å². The molecule has 2 unspecified atom stereocenters. The minimum absolute atomic E-state index is 0.0376. The van der Waals surface area contributed by atoms with Crippen LogP contribution in [0.25, 0.3) is 0 Å². The van der Waals surface area contributed by atoms with Crippen LogP contribution in [0, 0.1) is 12.4 Å². The Labute approximate surface area is 88.4 Å². The normalized spacial score (nSPS) is 26.3. The standard InChI is InChI=1S/C11H14FN2O/c12-8-3-1-2-4-10(8)14-11-5-6-15-7-9(11)13/h1-4,7,9,11,14H,5-6,13H2. The SMILES string of the molecule is NC1[CH]OCCC1Nc1ccccc1F. The van der Waals surface area contributed by atoms with Crippen LogP contribution in [0.1, 0.15) is 6.42 Å². The van der Waals surface area contributed by atoms with Crippen LogP contribution in [0.5, 0.6) is 0 Å². The third-order valence-electron chi connectivity index (χ3n) is 2.48. The predicted octanol–water partition coefficient (Wildman–Crippen LogP) is 1.52. The van der Waals surface area contributed by atoms with Crippen LogP contribution in [0.4, 0.5) is 10.1 Å². The van der Waals surface area contributed by atoms with Crippen molar-refractivity contribution in [2.45, 2.75) is 18.5 Å². The highest BCUT2D eigenvalue weighted by Gasteiger charge is 2.23. The number of para-hydroxylation sites is 1. The van der Waals surface area contributed by atoms with Gasteiger partial charge in [-0.25, -0.2) is 4.39 Å². The van der Waals surface area contributed by atoms with Gasteiger partial charge in [0.15, 0.2) is 0 Å². The summed E-state index contributed by atoms with van der Waals surface area (Å²) in [5.41, 5.74) is 6.31. The summed E-state index contributed by atoms with van der Waals surface area (Å²) in [5.74, 6) is -0.254. The average Bonchev–Trinajstić information content (AvgIpc) is 2.24. The van der Waals surface area contributed by atoms with Crippen LogP contribution < -0.4 is 11.1 Å². The lowest BCUT2D eigenvalue weighted by Gasteiger charge is -2.29. The largest absolute Gasteiger partial charge is 0.378 e. The van der Waals surface area contributed by atoms with E-state index in [-0.39, 0.29) is 17.9 Å². The summed E-state index contributed by atoms with van der Waals surface area (Å²) in [7, 11) is 0. The van der Waals surface area contributed by atoms with Crippen molar-refractivity contribution in [1.29, 1.82) is 0 Å². The Morgan fingerprint density at radius 1 is 1.40 bits per heavy atom. The topological polar surface area (TPSA) is 47.3 Å². The number of ether oxygens (including phenoxy) is 1. The Morgan fingerprint density at radius 3 is 2.93 bits per heavy atom. The van der Waals surface area contributed by atoms with Gasteiger partial charge in [-0.2, -0.15) is 0 Å². The quantitative estimate of drug-likeness (QED) is 0.776. The van der Waals surface area contributed by atoms with E-state index < -0.39 is 0 Å².